The quantitative estimate of drug-likeness (QED) is 0.186. The first-order valence-corrected chi connectivity index (χ1v) is 9.87. The van der Waals surface area contributed by atoms with Crippen molar-refractivity contribution in [1.29, 1.82) is 0 Å². The number of nitrogens with zero attached hydrogens (tertiary/aromatic N) is 2. The molecule has 3 amide bonds. The second-order valence-electron chi connectivity index (χ2n) is 6.72. The molecule has 8 nitrogen and oxygen atoms in total. The van der Waals surface area contributed by atoms with Gasteiger partial charge in [-0.2, -0.15) is 0 Å². The van der Waals surface area contributed by atoms with Crippen LogP contribution in [0.25, 0.3) is 0 Å². The van der Waals surface area contributed by atoms with E-state index < -0.39 is 0 Å². The largest absolute Gasteiger partial charge is 0.378 e. The summed E-state index contributed by atoms with van der Waals surface area (Å²) in [4.78, 5) is 28.9. The minimum Gasteiger partial charge on any atom is -0.378 e. The lowest BCUT2D eigenvalue weighted by atomic mass is 9.98. The molecule has 2 aliphatic rings. The zero-order chi connectivity index (χ0) is 18.8. The number of urea groups is 1. The van der Waals surface area contributed by atoms with Gasteiger partial charge in [0.25, 0.3) is 0 Å². The van der Waals surface area contributed by atoms with Crippen molar-refractivity contribution < 1.29 is 14.3 Å². The summed E-state index contributed by atoms with van der Waals surface area (Å²) in [5.41, 5.74) is 0. The number of hydrogen-bond acceptors (Lipinski definition) is 4. The molecule has 1 aliphatic heterocycles. The van der Waals surface area contributed by atoms with Gasteiger partial charge in [0.05, 0.1) is 12.6 Å². The van der Waals surface area contributed by atoms with Crippen LogP contribution < -0.4 is 16.0 Å². The number of halogens is 1. The summed E-state index contributed by atoms with van der Waals surface area (Å²) >= 11 is 0. The third-order valence-corrected chi connectivity index (χ3v) is 4.90. The maximum absolute atomic E-state index is 11.6. The summed E-state index contributed by atoms with van der Waals surface area (Å²) in [7, 11) is 0. The number of rotatable bonds is 10. The van der Waals surface area contributed by atoms with Crippen LogP contribution in [-0.4, -0.2) is 68.2 Å². The van der Waals surface area contributed by atoms with E-state index >= 15 is 0 Å². The number of nitrogens with one attached hydrogen (secondary N) is 3. The second-order valence-corrected chi connectivity index (χ2v) is 6.72. The molecule has 0 aromatic heterocycles. The van der Waals surface area contributed by atoms with Crippen molar-refractivity contribution in [2.24, 2.45) is 10.9 Å². The lowest BCUT2D eigenvalue weighted by Crippen LogP contribution is -2.43. The van der Waals surface area contributed by atoms with Gasteiger partial charge in [0.15, 0.2) is 5.96 Å². The van der Waals surface area contributed by atoms with E-state index in [1.54, 1.807) is 0 Å². The molecule has 1 aliphatic carbocycles. The molecular formula is C18H34IN5O3. The van der Waals surface area contributed by atoms with Gasteiger partial charge in [0.2, 0.25) is 5.91 Å². The number of hydrogen-bond donors (Lipinski definition) is 3. The van der Waals surface area contributed by atoms with Crippen molar-refractivity contribution in [3.8, 4) is 0 Å². The maximum Gasteiger partial charge on any atom is 0.324 e. The van der Waals surface area contributed by atoms with Crippen molar-refractivity contribution in [2.75, 3.05) is 39.3 Å². The fourth-order valence-electron chi connectivity index (χ4n) is 3.61. The fourth-order valence-corrected chi connectivity index (χ4v) is 3.61. The Morgan fingerprint density at radius 1 is 1.30 bits per heavy atom. The average Bonchev–Trinajstić information content (AvgIpc) is 3.26. The fraction of sp³-hybridized carbons (Fsp3) is 0.833. The van der Waals surface area contributed by atoms with Crippen LogP contribution in [0, 0.1) is 5.92 Å². The molecule has 1 unspecified atom stereocenters. The highest BCUT2D eigenvalue weighted by Gasteiger charge is 2.27. The second kappa shape index (κ2) is 13.1. The van der Waals surface area contributed by atoms with Gasteiger partial charge in [-0.05, 0) is 39.0 Å². The van der Waals surface area contributed by atoms with Crippen LogP contribution in [0.15, 0.2) is 4.99 Å². The van der Waals surface area contributed by atoms with Crippen LogP contribution in [0.4, 0.5) is 4.79 Å². The third kappa shape index (κ3) is 7.81. The highest BCUT2D eigenvalue weighted by atomic mass is 127. The third-order valence-electron chi connectivity index (χ3n) is 4.90. The first-order valence-electron chi connectivity index (χ1n) is 9.87. The zero-order valence-corrected chi connectivity index (χ0v) is 18.8. The van der Waals surface area contributed by atoms with Gasteiger partial charge in [0.1, 0.15) is 0 Å². The molecule has 27 heavy (non-hydrogen) atoms. The van der Waals surface area contributed by atoms with E-state index in [1.165, 1.54) is 30.6 Å². The van der Waals surface area contributed by atoms with E-state index in [-0.39, 0.29) is 42.5 Å². The molecule has 1 atom stereocenters. The minimum atomic E-state index is -0.324. The Morgan fingerprint density at radius 2 is 2.04 bits per heavy atom. The van der Waals surface area contributed by atoms with Crippen LogP contribution in [0.3, 0.4) is 0 Å². The molecule has 0 radical (unpaired) electrons. The predicted octanol–water partition coefficient (Wildman–Crippen LogP) is 1.70. The number of ether oxygens (including phenoxy) is 1. The molecule has 0 aromatic carbocycles. The van der Waals surface area contributed by atoms with Gasteiger partial charge in [-0.1, -0.05) is 12.8 Å². The molecule has 0 aromatic rings. The number of imide groups is 1. The Labute approximate surface area is 179 Å². The summed E-state index contributed by atoms with van der Waals surface area (Å²) in [6.07, 6.45) is 6.36. The molecule has 1 saturated carbocycles. The van der Waals surface area contributed by atoms with Gasteiger partial charge in [-0.15, -0.1) is 24.0 Å². The smallest absolute Gasteiger partial charge is 0.324 e. The SMILES string of the molecule is CCNC(=NCCC(OCC)C1CCCC1)NCCN1C(=O)CNC1=O.I. The molecule has 1 heterocycles. The van der Waals surface area contributed by atoms with E-state index in [0.29, 0.717) is 37.6 Å². The van der Waals surface area contributed by atoms with Gasteiger partial charge < -0.3 is 20.7 Å². The van der Waals surface area contributed by atoms with Gasteiger partial charge in [-0.3, -0.25) is 14.7 Å². The predicted molar refractivity (Wildman–Crippen MR) is 116 cm³/mol. The molecule has 2 fully saturated rings. The number of carbonyl (C=O) groups is 2. The molecule has 3 N–H and O–H groups in total. The van der Waals surface area contributed by atoms with E-state index in [1.807, 2.05) is 13.8 Å². The standard InChI is InChI=1S/C18H33N5O3.HI/c1-3-19-17(21-11-12-23-16(24)13-22-18(23)25)20-10-9-15(26-4-2)14-7-5-6-8-14;/h14-15H,3-13H2,1-2H3,(H,22,25)(H2,19,20,21);1H. The van der Waals surface area contributed by atoms with Crippen LogP contribution in [0.5, 0.6) is 0 Å². The van der Waals surface area contributed by atoms with Crippen molar-refractivity contribution in [3.63, 3.8) is 0 Å². The van der Waals surface area contributed by atoms with E-state index in [9.17, 15) is 9.59 Å². The van der Waals surface area contributed by atoms with Gasteiger partial charge in [0, 0.05) is 32.8 Å². The number of amides is 3. The summed E-state index contributed by atoms with van der Waals surface area (Å²) in [5.74, 6) is 1.19. The first-order chi connectivity index (χ1) is 12.7. The lowest BCUT2D eigenvalue weighted by Gasteiger charge is -2.23. The number of guanidine groups is 1. The lowest BCUT2D eigenvalue weighted by molar-refractivity contribution is -0.124. The van der Waals surface area contributed by atoms with E-state index in [2.05, 4.69) is 20.9 Å². The summed E-state index contributed by atoms with van der Waals surface area (Å²) < 4.78 is 5.94. The Bertz CT molecular complexity index is 481. The van der Waals surface area contributed by atoms with Crippen molar-refractivity contribution >= 4 is 41.9 Å². The molecule has 2 rings (SSSR count). The van der Waals surface area contributed by atoms with E-state index in [4.69, 9.17) is 4.74 Å². The summed E-state index contributed by atoms with van der Waals surface area (Å²) in [6.45, 7) is 7.15. The van der Waals surface area contributed by atoms with Gasteiger partial charge in [-0.25, -0.2) is 4.79 Å². The average molecular weight is 495 g/mol. The molecule has 0 spiro atoms. The Balaban J connectivity index is 0.00000364. The Kier molecular flexibility index (Phi) is 11.7. The van der Waals surface area contributed by atoms with E-state index in [0.717, 1.165) is 19.6 Å². The topological polar surface area (TPSA) is 95.1 Å². The molecule has 0 bridgehead atoms. The van der Waals surface area contributed by atoms with Gasteiger partial charge >= 0.3 is 6.03 Å². The molecular weight excluding hydrogens is 461 g/mol. The Morgan fingerprint density at radius 3 is 2.63 bits per heavy atom. The highest BCUT2D eigenvalue weighted by molar-refractivity contribution is 14.0. The van der Waals surface area contributed by atoms with Crippen molar-refractivity contribution in [1.82, 2.24) is 20.9 Å². The summed E-state index contributed by atoms with van der Waals surface area (Å²) in [6, 6.07) is -0.324. The Hall–Kier alpha value is -1.10. The van der Waals surface area contributed by atoms with Crippen LogP contribution in [0.1, 0.15) is 46.0 Å². The molecule has 156 valence electrons. The normalized spacial score (nSPS) is 19.0. The zero-order valence-electron chi connectivity index (χ0n) is 16.5. The monoisotopic (exact) mass is 495 g/mol. The van der Waals surface area contributed by atoms with Crippen LogP contribution in [-0.2, 0) is 9.53 Å². The maximum atomic E-state index is 11.6. The minimum absolute atomic E-state index is 0. The van der Waals surface area contributed by atoms with Crippen LogP contribution in [0.2, 0.25) is 0 Å². The molecule has 1 saturated heterocycles. The first kappa shape index (κ1) is 23.9. The number of carbonyl (C=O) groups excluding carboxylic acids is 2. The molecule has 9 heteroatoms. The van der Waals surface area contributed by atoms with Crippen LogP contribution >= 0.6 is 24.0 Å². The number of aliphatic imine (C=N–C) groups is 1. The summed E-state index contributed by atoms with van der Waals surface area (Å²) in [5, 5.41) is 8.91. The highest BCUT2D eigenvalue weighted by Crippen LogP contribution is 2.30. The van der Waals surface area contributed by atoms with Crippen molar-refractivity contribution in [2.45, 2.75) is 52.1 Å². The van der Waals surface area contributed by atoms with Crippen molar-refractivity contribution in [3.05, 3.63) is 0 Å².